The van der Waals surface area contributed by atoms with Crippen LogP contribution < -0.4 is 0 Å². The zero-order valence-electron chi connectivity index (χ0n) is 12.1. The zero-order valence-corrected chi connectivity index (χ0v) is 13.8. The fourth-order valence-electron chi connectivity index (χ4n) is 2.87. The van der Waals surface area contributed by atoms with E-state index >= 15 is 0 Å². The summed E-state index contributed by atoms with van der Waals surface area (Å²) >= 11 is 3.24. The van der Waals surface area contributed by atoms with E-state index in [0.29, 0.717) is 0 Å². The second-order valence-corrected chi connectivity index (χ2v) is 7.47. The van der Waals surface area contributed by atoms with Crippen LogP contribution in [0.25, 0.3) is 16.2 Å². The molecular weight excluding hydrogens is 312 g/mol. The van der Waals surface area contributed by atoms with Gasteiger partial charge in [0, 0.05) is 17.8 Å². The highest BCUT2D eigenvalue weighted by atomic mass is 32.2. The normalized spacial score (nSPS) is 20.9. The first-order valence-corrected chi connectivity index (χ1v) is 9.24. The van der Waals surface area contributed by atoms with Gasteiger partial charge in [-0.05, 0) is 59.5 Å². The van der Waals surface area contributed by atoms with Gasteiger partial charge in [-0.1, -0.05) is 18.2 Å². The number of amides is 1. The number of hydrogen-bond acceptors (Lipinski definition) is 4. The second-order valence-electron chi connectivity index (χ2n) is 5.55. The van der Waals surface area contributed by atoms with Crippen LogP contribution in [0.3, 0.4) is 0 Å². The van der Waals surface area contributed by atoms with Gasteiger partial charge in [-0.2, -0.15) is 4.99 Å². The Morgan fingerprint density at radius 2 is 1.95 bits per heavy atom. The lowest BCUT2D eigenvalue weighted by Crippen LogP contribution is -2.33. The minimum atomic E-state index is -0.0964. The van der Waals surface area contributed by atoms with E-state index in [0.717, 1.165) is 28.7 Å². The lowest BCUT2D eigenvalue weighted by molar-refractivity contribution is -0.113. The molecule has 112 valence electrons. The average molecular weight is 328 g/mol. The summed E-state index contributed by atoms with van der Waals surface area (Å²) < 4.78 is 1.25. The maximum Gasteiger partial charge on any atom is 0.286 e. The van der Waals surface area contributed by atoms with Crippen LogP contribution in [-0.2, 0) is 4.79 Å². The molecule has 1 amide bonds. The van der Waals surface area contributed by atoms with Gasteiger partial charge in [-0.25, -0.2) is 0 Å². The Bertz CT molecular complexity index is 785. The van der Waals surface area contributed by atoms with Gasteiger partial charge in [-0.15, -0.1) is 11.3 Å². The molecule has 0 aliphatic carbocycles. The molecule has 3 heterocycles. The van der Waals surface area contributed by atoms with Gasteiger partial charge in [-0.3, -0.25) is 4.79 Å². The zero-order chi connectivity index (χ0) is 14.9. The Morgan fingerprint density at radius 1 is 1.14 bits per heavy atom. The van der Waals surface area contributed by atoms with E-state index in [1.807, 2.05) is 18.2 Å². The summed E-state index contributed by atoms with van der Waals surface area (Å²) in [6.07, 6.45) is 5.67. The molecule has 1 saturated heterocycles. The molecule has 5 heteroatoms. The summed E-state index contributed by atoms with van der Waals surface area (Å²) in [5, 5.41) is 4.21. The van der Waals surface area contributed by atoms with Crippen LogP contribution >= 0.6 is 23.1 Å². The number of likely N-dealkylation sites (tertiary alicyclic amines) is 1. The van der Waals surface area contributed by atoms with Crippen molar-refractivity contribution >= 4 is 50.3 Å². The molecule has 0 N–H and O–H groups in total. The first-order valence-electron chi connectivity index (χ1n) is 7.55. The Balaban J connectivity index is 1.60. The van der Waals surface area contributed by atoms with Gasteiger partial charge in [0.2, 0.25) is 0 Å². The fraction of sp³-hybridized carbons (Fsp3) is 0.294. The van der Waals surface area contributed by atoms with Crippen molar-refractivity contribution in [3.63, 3.8) is 0 Å². The van der Waals surface area contributed by atoms with Crippen LogP contribution in [0.4, 0.5) is 0 Å². The molecule has 1 fully saturated rings. The number of thiophene rings is 1. The van der Waals surface area contributed by atoms with E-state index in [2.05, 4.69) is 27.4 Å². The molecule has 0 unspecified atom stereocenters. The second kappa shape index (κ2) is 5.89. The molecule has 0 bridgehead atoms. The number of benzene rings is 1. The van der Waals surface area contributed by atoms with Gasteiger partial charge in [0.15, 0.2) is 5.17 Å². The topological polar surface area (TPSA) is 32.7 Å². The molecule has 2 aromatic rings. The number of piperidine rings is 1. The molecular formula is C17H16N2OS2. The van der Waals surface area contributed by atoms with E-state index in [1.54, 1.807) is 11.3 Å². The number of nitrogens with zero attached hydrogens (tertiary/aromatic N) is 2. The van der Waals surface area contributed by atoms with Gasteiger partial charge in [0.05, 0.1) is 4.91 Å². The van der Waals surface area contributed by atoms with Crippen molar-refractivity contribution in [3.8, 4) is 0 Å². The van der Waals surface area contributed by atoms with Crippen LogP contribution in [0.1, 0.15) is 24.8 Å². The minimum absolute atomic E-state index is 0.0964. The number of carbonyl (C=O) groups excluding carboxylic acids is 1. The maximum absolute atomic E-state index is 12.2. The van der Waals surface area contributed by atoms with Crippen molar-refractivity contribution in [3.05, 3.63) is 40.1 Å². The highest BCUT2D eigenvalue weighted by molar-refractivity contribution is 8.18. The largest absolute Gasteiger partial charge is 0.351 e. The van der Waals surface area contributed by atoms with E-state index in [1.165, 1.54) is 41.1 Å². The standard InChI is InChI=1S/C17H16N2OS2/c20-16-15(22-17(18-16)19-8-4-1-5-9-19)10-12-11-21-14-7-3-2-6-13(12)14/h2-3,6-7,10-11H,1,4-5,8-9H2/b15-10+. The third-order valence-electron chi connectivity index (χ3n) is 4.03. The van der Waals surface area contributed by atoms with E-state index in [9.17, 15) is 4.79 Å². The van der Waals surface area contributed by atoms with Gasteiger partial charge in [0.1, 0.15) is 0 Å². The average Bonchev–Trinajstić information content (AvgIpc) is 3.13. The molecule has 2 aliphatic heterocycles. The Hall–Kier alpha value is -1.59. The molecule has 0 spiro atoms. The van der Waals surface area contributed by atoms with Gasteiger partial charge in [0.25, 0.3) is 5.91 Å². The quantitative estimate of drug-likeness (QED) is 0.729. The first-order chi connectivity index (χ1) is 10.8. The summed E-state index contributed by atoms with van der Waals surface area (Å²) in [5.74, 6) is -0.0964. The van der Waals surface area contributed by atoms with E-state index in [4.69, 9.17) is 0 Å². The van der Waals surface area contributed by atoms with Crippen LogP contribution in [-0.4, -0.2) is 29.1 Å². The van der Waals surface area contributed by atoms with Crippen molar-refractivity contribution in [1.29, 1.82) is 0 Å². The molecule has 1 aromatic carbocycles. The number of fused-ring (bicyclic) bond motifs is 1. The highest BCUT2D eigenvalue weighted by Gasteiger charge is 2.27. The maximum atomic E-state index is 12.2. The van der Waals surface area contributed by atoms with Gasteiger partial charge < -0.3 is 4.90 Å². The van der Waals surface area contributed by atoms with Crippen LogP contribution in [0, 0.1) is 0 Å². The third-order valence-corrected chi connectivity index (χ3v) is 6.06. The monoisotopic (exact) mass is 328 g/mol. The fourth-order valence-corrected chi connectivity index (χ4v) is 4.74. The molecule has 4 rings (SSSR count). The number of aliphatic imine (C=N–C) groups is 1. The molecule has 0 saturated carbocycles. The predicted molar refractivity (Wildman–Crippen MR) is 95.3 cm³/mol. The summed E-state index contributed by atoms with van der Waals surface area (Å²) in [6, 6.07) is 8.30. The molecule has 0 atom stereocenters. The van der Waals surface area contributed by atoms with Crippen LogP contribution in [0.15, 0.2) is 39.5 Å². The number of amidine groups is 1. The lowest BCUT2D eigenvalue weighted by atomic mass is 10.1. The first kappa shape index (κ1) is 14.0. The van der Waals surface area contributed by atoms with E-state index < -0.39 is 0 Å². The Morgan fingerprint density at radius 3 is 2.82 bits per heavy atom. The van der Waals surface area contributed by atoms with Crippen LogP contribution in [0.5, 0.6) is 0 Å². The molecule has 1 aromatic heterocycles. The van der Waals surface area contributed by atoms with Crippen molar-refractivity contribution in [2.24, 2.45) is 4.99 Å². The number of rotatable bonds is 1. The van der Waals surface area contributed by atoms with E-state index in [-0.39, 0.29) is 5.91 Å². The predicted octanol–water partition coefficient (Wildman–Crippen LogP) is 4.36. The SMILES string of the molecule is O=C1N=C(N2CCCCC2)S/C1=C/c1csc2ccccc12. The summed E-state index contributed by atoms with van der Waals surface area (Å²) in [6.45, 7) is 2.04. The smallest absolute Gasteiger partial charge is 0.286 e. The summed E-state index contributed by atoms with van der Waals surface area (Å²) in [5.41, 5.74) is 1.12. The summed E-state index contributed by atoms with van der Waals surface area (Å²) in [4.78, 5) is 19.4. The van der Waals surface area contributed by atoms with Crippen LogP contribution in [0.2, 0.25) is 0 Å². The molecule has 0 radical (unpaired) electrons. The van der Waals surface area contributed by atoms with Crippen molar-refractivity contribution in [1.82, 2.24) is 4.90 Å². The van der Waals surface area contributed by atoms with Crippen molar-refractivity contribution in [2.75, 3.05) is 13.1 Å². The van der Waals surface area contributed by atoms with Crippen molar-refractivity contribution < 1.29 is 4.79 Å². The molecule has 2 aliphatic rings. The Kier molecular flexibility index (Phi) is 3.76. The third kappa shape index (κ3) is 2.59. The lowest BCUT2D eigenvalue weighted by Gasteiger charge is -2.27. The minimum Gasteiger partial charge on any atom is -0.351 e. The number of hydrogen-bond donors (Lipinski definition) is 0. The summed E-state index contributed by atoms with van der Waals surface area (Å²) in [7, 11) is 0. The molecule has 22 heavy (non-hydrogen) atoms. The molecule has 3 nitrogen and oxygen atoms in total. The highest BCUT2D eigenvalue weighted by Crippen LogP contribution is 2.34. The number of carbonyl (C=O) groups is 1. The number of thioether (sulfide) groups is 1. The van der Waals surface area contributed by atoms with Gasteiger partial charge >= 0.3 is 0 Å². The Labute approximate surface area is 137 Å². The van der Waals surface area contributed by atoms with Crippen molar-refractivity contribution in [2.45, 2.75) is 19.3 Å².